The molecule has 26 heavy (non-hydrogen) atoms. The Morgan fingerprint density at radius 1 is 1.15 bits per heavy atom. The van der Waals surface area contributed by atoms with Crippen LogP contribution in [0.1, 0.15) is 56.9 Å². The molecule has 5 rings (SSSR count). The third-order valence-corrected chi connectivity index (χ3v) is 7.49. The van der Waals surface area contributed by atoms with Gasteiger partial charge in [0.2, 0.25) is 0 Å². The maximum atomic E-state index is 10.2. The van der Waals surface area contributed by atoms with E-state index in [0.29, 0.717) is 16.9 Å². The summed E-state index contributed by atoms with van der Waals surface area (Å²) in [5.41, 5.74) is 3.57. The average Bonchev–Trinajstić information content (AvgIpc) is 2.64. The molecule has 140 valence electrons. The molecule has 1 heterocycles. The number of aromatic hydroxyl groups is 1. The van der Waals surface area contributed by atoms with Crippen molar-refractivity contribution in [3.05, 3.63) is 39.9 Å². The molecule has 1 N–H and O–H groups in total. The predicted molar refractivity (Wildman–Crippen MR) is 93.2 cm³/mol. The van der Waals surface area contributed by atoms with Crippen LogP contribution in [0.25, 0.3) is 0 Å². The number of hydrogen-bond donors (Lipinski definition) is 1. The van der Waals surface area contributed by atoms with E-state index in [-0.39, 0.29) is 5.75 Å². The SMILES string of the molecule is COC1(c2ccc([ClH+])c(O)c2)OOC12C1CCCC2C2=C(CCCC2)C1. The first kappa shape index (κ1) is 17.1. The summed E-state index contributed by atoms with van der Waals surface area (Å²) in [6.45, 7) is 0. The number of ether oxygens (including phenoxy) is 1. The fourth-order valence-electron chi connectivity index (χ4n) is 6.06. The molecule has 0 aromatic heterocycles. The van der Waals surface area contributed by atoms with E-state index in [0.717, 1.165) is 24.8 Å². The zero-order chi connectivity index (χ0) is 17.9. The van der Waals surface area contributed by atoms with Crippen LogP contribution in [0.4, 0.5) is 0 Å². The summed E-state index contributed by atoms with van der Waals surface area (Å²) < 4.78 is 6.05. The highest BCUT2D eigenvalue weighted by atomic mass is 35.5. The van der Waals surface area contributed by atoms with Crippen molar-refractivity contribution < 1.29 is 31.2 Å². The topological polar surface area (TPSA) is 47.9 Å². The summed E-state index contributed by atoms with van der Waals surface area (Å²) in [4.78, 5) is 11.8. The summed E-state index contributed by atoms with van der Waals surface area (Å²) >= 11 is 5.16. The van der Waals surface area contributed by atoms with Crippen LogP contribution in [-0.4, -0.2) is 17.8 Å². The molecule has 5 heteroatoms. The van der Waals surface area contributed by atoms with Crippen molar-refractivity contribution in [3.8, 4) is 5.75 Å². The maximum absolute atomic E-state index is 10.2. The van der Waals surface area contributed by atoms with Crippen LogP contribution < -0.4 is 0 Å². The Hall–Kier alpha value is -1.07. The van der Waals surface area contributed by atoms with Gasteiger partial charge in [0.25, 0.3) is 10.8 Å². The second-order valence-electron chi connectivity index (χ2n) is 8.18. The highest BCUT2D eigenvalue weighted by molar-refractivity contribution is 5.41. The molecular weight excluding hydrogens is 352 g/mol. The van der Waals surface area contributed by atoms with Crippen LogP contribution in [0.15, 0.2) is 29.3 Å². The molecule has 1 aromatic rings. The van der Waals surface area contributed by atoms with Gasteiger partial charge in [-0.3, -0.25) is 0 Å². The molecule has 1 aromatic carbocycles. The Balaban J connectivity index is 1.65. The second kappa shape index (κ2) is 5.96. The van der Waals surface area contributed by atoms with Gasteiger partial charge in [-0.25, -0.2) is 4.89 Å². The summed E-state index contributed by atoms with van der Waals surface area (Å²) in [5.74, 6) is -0.154. The first-order chi connectivity index (χ1) is 12.6. The van der Waals surface area contributed by atoms with Crippen molar-refractivity contribution >= 4 is 0 Å². The van der Waals surface area contributed by atoms with Crippen LogP contribution in [-0.2, 0) is 20.3 Å². The lowest BCUT2D eigenvalue weighted by atomic mass is 9.53. The standard InChI is InChI=1S/C21H25ClO4/c1-24-21(15-9-10-18(22)19(23)12-15)20(25-26-21)14-6-4-8-17(20)16-7-3-2-5-13(16)11-14/h9-10,12,14,17,22H,2-8,11H2,1H3/p+1. The van der Waals surface area contributed by atoms with Gasteiger partial charge in [0.1, 0.15) is 0 Å². The smallest absolute Gasteiger partial charge is 0.266 e. The fourth-order valence-corrected chi connectivity index (χ4v) is 6.18. The van der Waals surface area contributed by atoms with Crippen LogP contribution in [0.2, 0.25) is 5.02 Å². The minimum Gasteiger partial charge on any atom is -0.503 e. The molecule has 1 spiro atoms. The van der Waals surface area contributed by atoms with Crippen LogP contribution in [0.3, 0.4) is 0 Å². The number of phenols is 1. The molecule has 2 bridgehead atoms. The highest BCUT2D eigenvalue weighted by Crippen LogP contribution is 2.66. The minimum atomic E-state index is -0.973. The number of halogens is 1. The lowest BCUT2D eigenvalue weighted by molar-refractivity contribution is -0.639. The molecule has 3 aliphatic carbocycles. The van der Waals surface area contributed by atoms with Crippen molar-refractivity contribution in [1.82, 2.24) is 0 Å². The van der Waals surface area contributed by atoms with Crippen LogP contribution in [0, 0.1) is 23.4 Å². The van der Waals surface area contributed by atoms with Gasteiger partial charge < -0.3 is 9.84 Å². The zero-order valence-corrected chi connectivity index (χ0v) is 15.9. The third kappa shape index (κ3) is 2.02. The number of methoxy groups -OCH3 is 1. The molecule has 4 nitrogen and oxygen atoms in total. The first-order valence-electron chi connectivity index (χ1n) is 9.75. The Morgan fingerprint density at radius 3 is 2.73 bits per heavy atom. The Kier molecular flexibility index (Phi) is 3.91. The minimum absolute atomic E-state index is 0.0955. The number of fused-ring (bicyclic) bond motifs is 1. The van der Waals surface area contributed by atoms with Crippen molar-refractivity contribution in [2.24, 2.45) is 11.8 Å². The van der Waals surface area contributed by atoms with Gasteiger partial charge in [-0.15, -0.1) is 0 Å². The number of benzene rings is 1. The summed E-state index contributed by atoms with van der Waals surface area (Å²) in [7, 11) is 1.68. The van der Waals surface area contributed by atoms with Gasteiger partial charge in [0, 0.05) is 30.6 Å². The molecule has 4 aliphatic rings. The maximum Gasteiger partial charge on any atom is 0.266 e. The van der Waals surface area contributed by atoms with E-state index in [1.54, 1.807) is 30.4 Å². The fraction of sp³-hybridized carbons (Fsp3) is 0.619. The monoisotopic (exact) mass is 377 g/mol. The normalized spacial score (nSPS) is 38.8. The molecule has 1 saturated heterocycles. The van der Waals surface area contributed by atoms with E-state index in [2.05, 4.69) is 0 Å². The van der Waals surface area contributed by atoms with Gasteiger partial charge in [-0.05, 0) is 57.1 Å². The highest BCUT2D eigenvalue weighted by Gasteiger charge is 2.75. The quantitative estimate of drug-likeness (QED) is 0.617. The van der Waals surface area contributed by atoms with E-state index < -0.39 is 11.4 Å². The van der Waals surface area contributed by atoms with E-state index >= 15 is 0 Å². The summed E-state index contributed by atoms with van der Waals surface area (Å²) in [6.07, 6.45) is 9.56. The van der Waals surface area contributed by atoms with E-state index in [1.807, 2.05) is 6.07 Å². The molecular formula is C21H26ClO4+. The number of allylic oxidation sites excluding steroid dienone is 1. The summed E-state index contributed by atoms with van der Waals surface area (Å²) in [5, 5.41) is 10.6. The van der Waals surface area contributed by atoms with Gasteiger partial charge in [0.05, 0.1) is 0 Å². The van der Waals surface area contributed by atoms with Gasteiger partial charge in [-0.2, -0.15) is 4.89 Å². The van der Waals surface area contributed by atoms with Gasteiger partial charge in [-0.1, -0.05) is 17.6 Å². The zero-order valence-electron chi connectivity index (χ0n) is 15.1. The van der Waals surface area contributed by atoms with Crippen molar-refractivity contribution in [3.63, 3.8) is 0 Å². The predicted octanol–water partition coefficient (Wildman–Crippen LogP) is 4.28. The Labute approximate surface area is 159 Å². The van der Waals surface area contributed by atoms with Crippen LogP contribution >= 0.6 is 0 Å². The second-order valence-corrected chi connectivity index (χ2v) is 8.62. The van der Waals surface area contributed by atoms with Crippen molar-refractivity contribution in [2.75, 3.05) is 7.11 Å². The molecule has 0 amide bonds. The third-order valence-electron chi connectivity index (χ3n) is 7.15. The van der Waals surface area contributed by atoms with E-state index in [9.17, 15) is 5.11 Å². The molecule has 4 unspecified atom stereocenters. The van der Waals surface area contributed by atoms with Crippen molar-refractivity contribution in [2.45, 2.75) is 62.8 Å². The molecule has 1 saturated carbocycles. The number of rotatable bonds is 2. The number of phenolic OH excluding ortho intramolecular Hbond substituents is 1. The lowest BCUT2D eigenvalue weighted by Crippen LogP contribution is -2.74. The lowest BCUT2D eigenvalue weighted by Gasteiger charge is -2.65. The number of hydrogen-bond acceptors (Lipinski definition) is 4. The molecule has 2 fully saturated rings. The Morgan fingerprint density at radius 2 is 2.00 bits per heavy atom. The van der Waals surface area contributed by atoms with Gasteiger partial charge >= 0.3 is 0 Å². The van der Waals surface area contributed by atoms with Crippen LogP contribution in [0.5, 0.6) is 5.75 Å². The largest absolute Gasteiger partial charge is 0.503 e. The molecule has 4 atom stereocenters. The van der Waals surface area contributed by atoms with Crippen molar-refractivity contribution in [1.29, 1.82) is 0 Å². The Bertz CT molecular complexity index is 771. The van der Waals surface area contributed by atoms with E-state index in [1.165, 1.54) is 32.1 Å². The van der Waals surface area contributed by atoms with Gasteiger partial charge in [0.15, 0.2) is 23.0 Å². The first-order valence-corrected chi connectivity index (χ1v) is 10.2. The average molecular weight is 378 g/mol. The summed E-state index contributed by atoms with van der Waals surface area (Å²) in [6, 6.07) is 5.35. The molecule has 0 radical (unpaired) electrons. The van der Waals surface area contributed by atoms with E-state index in [4.69, 9.17) is 26.1 Å². The molecule has 1 aliphatic heterocycles.